The molecule has 2 N–H and O–H groups in total. The largest absolute Gasteiger partial charge is 0.495 e. The summed E-state index contributed by atoms with van der Waals surface area (Å²) < 4.78 is 5.34. The molecule has 0 unspecified atom stereocenters. The Kier molecular flexibility index (Phi) is 4.51. The average Bonchev–Trinajstić information content (AvgIpc) is 2.82. The first-order chi connectivity index (χ1) is 11.4. The molecule has 1 aromatic carbocycles. The standard InChI is InChI=1S/C17H18ClN3O2S/c1-8-10(3)24-17-14(8)16(22)20-15(21-17)9(2)19-12-7-11(18)5-6-13(12)23-4/h5-7,9,19H,1-4H3,(H,20,21,22)/t9-/m0/s1. The second-order valence-corrected chi connectivity index (χ2v) is 7.26. The number of anilines is 1. The summed E-state index contributed by atoms with van der Waals surface area (Å²) in [5, 5.41) is 4.57. The lowest BCUT2D eigenvalue weighted by molar-refractivity contribution is 0.416. The Labute approximate surface area is 148 Å². The summed E-state index contributed by atoms with van der Waals surface area (Å²) in [5.74, 6) is 1.26. The van der Waals surface area contributed by atoms with Crippen molar-refractivity contribution in [3.63, 3.8) is 0 Å². The number of thiophene rings is 1. The molecule has 0 fully saturated rings. The van der Waals surface area contributed by atoms with Gasteiger partial charge in [0, 0.05) is 9.90 Å². The van der Waals surface area contributed by atoms with Crippen LogP contribution < -0.4 is 15.6 Å². The van der Waals surface area contributed by atoms with E-state index in [2.05, 4.69) is 15.3 Å². The molecule has 0 saturated carbocycles. The number of H-pyrrole nitrogens is 1. The molecule has 3 aromatic rings. The number of aromatic amines is 1. The van der Waals surface area contributed by atoms with Crippen molar-refractivity contribution in [1.29, 1.82) is 0 Å². The third kappa shape index (κ3) is 2.99. The smallest absolute Gasteiger partial charge is 0.259 e. The molecule has 0 aliphatic rings. The average molecular weight is 364 g/mol. The van der Waals surface area contributed by atoms with E-state index in [-0.39, 0.29) is 11.6 Å². The molecule has 0 bridgehead atoms. The number of aryl methyl sites for hydroxylation is 2. The highest BCUT2D eigenvalue weighted by molar-refractivity contribution is 7.18. The number of methoxy groups -OCH3 is 1. The van der Waals surface area contributed by atoms with Crippen molar-refractivity contribution in [3.05, 3.63) is 49.8 Å². The van der Waals surface area contributed by atoms with E-state index in [9.17, 15) is 4.79 Å². The van der Waals surface area contributed by atoms with Gasteiger partial charge >= 0.3 is 0 Å². The zero-order valence-electron chi connectivity index (χ0n) is 13.9. The fraction of sp³-hybridized carbons (Fsp3) is 0.294. The summed E-state index contributed by atoms with van der Waals surface area (Å²) in [7, 11) is 1.60. The fourth-order valence-electron chi connectivity index (χ4n) is 2.57. The van der Waals surface area contributed by atoms with Gasteiger partial charge < -0.3 is 15.0 Å². The van der Waals surface area contributed by atoms with E-state index in [0.717, 1.165) is 21.0 Å². The highest BCUT2D eigenvalue weighted by Crippen LogP contribution is 2.31. The van der Waals surface area contributed by atoms with Gasteiger partial charge in [0.1, 0.15) is 16.4 Å². The van der Waals surface area contributed by atoms with Gasteiger partial charge in [-0.05, 0) is 44.5 Å². The van der Waals surface area contributed by atoms with E-state index >= 15 is 0 Å². The first-order valence-corrected chi connectivity index (χ1v) is 8.70. The molecule has 0 saturated heterocycles. The maximum atomic E-state index is 12.4. The maximum Gasteiger partial charge on any atom is 0.259 e. The van der Waals surface area contributed by atoms with Crippen molar-refractivity contribution in [3.8, 4) is 5.75 Å². The molecule has 7 heteroatoms. The maximum absolute atomic E-state index is 12.4. The van der Waals surface area contributed by atoms with Crippen LogP contribution in [0.2, 0.25) is 5.02 Å². The van der Waals surface area contributed by atoms with Crippen LogP contribution in [0.25, 0.3) is 10.2 Å². The lowest BCUT2D eigenvalue weighted by atomic mass is 10.2. The molecule has 3 rings (SSSR count). The summed E-state index contributed by atoms with van der Waals surface area (Å²) in [5.41, 5.74) is 1.63. The molecule has 126 valence electrons. The van der Waals surface area contributed by atoms with Gasteiger partial charge in [0.05, 0.1) is 24.2 Å². The third-order valence-corrected chi connectivity index (χ3v) is 5.34. The van der Waals surface area contributed by atoms with Crippen molar-refractivity contribution < 1.29 is 4.74 Å². The van der Waals surface area contributed by atoms with E-state index in [1.54, 1.807) is 25.3 Å². The van der Waals surface area contributed by atoms with Gasteiger partial charge in [0.15, 0.2) is 0 Å². The molecular formula is C17H18ClN3O2S. The lowest BCUT2D eigenvalue weighted by Gasteiger charge is -2.17. The molecular weight excluding hydrogens is 346 g/mol. The minimum atomic E-state index is -0.211. The molecule has 24 heavy (non-hydrogen) atoms. The second-order valence-electron chi connectivity index (χ2n) is 5.63. The molecule has 0 spiro atoms. The van der Waals surface area contributed by atoms with Gasteiger partial charge in [-0.3, -0.25) is 4.79 Å². The van der Waals surface area contributed by atoms with E-state index in [1.807, 2.05) is 20.8 Å². The number of benzene rings is 1. The van der Waals surface area contributed by atoms with Gasteiger partial charge in [0.25, 0.3) is 5.56 Å². The number of fused-ring (bicyclic) bond motifs is 1. The monoisotopic (exact) mass is 363 g/mol. The van der Waals surface area contributed by atoms with Crippen molar-refractivity contribution in [2.75, 3.05) is 12.4 Å². The summed E-state index contributed by atoms with van der Waals surface area (Å²) in [6.07, 6.45) is 0. The molecule has 1 atom stereocenters. The molecule has 0 aliphatic carbocycles. The highest BCUT2D eigenvalue weighted by atomic mass is 35.5. The van der Waals surface area contributed by atoms with E-state index < -0.39 is 0 Å². The Morgan fingerprint density at radius 1 is 1.38 bits per heavy atom. The number of rotatable bonds is 4. The molecule has 2 heterocycles. The van der Waals surface area contributed by atoms with Crippen LogP contribution in [0.1, 0.15) is 29.2 Å². The van der Waals surface area contributed by atoms with Crippen molar-refractivity contribution in [2.24, 2.45) is 0 Å². The molecule has 0 aliphatic heterocycles. The Morgan fingerprint density at radius 3 is 2.83 bits per heavy atom. The number of nitrogens with one attached hydrogen (secondary N) is 2. The van der Waals surface area contributed by atoms with Crippen LogP contribution >= 0.6 is 22.9 Å². The van der Waals surface area contributed by atoms with Crippen molar-refractivity contribution >= 4 is 38.8 Å². The van der Waals surface area contributed by atoms with Gasteiger partial charge in [-0.15, -0.1) is 11.3 Å². The first kappa shape index (κ1) is 16.8. The Balaban J connectivity index is 1.99. The Bertz CT molecular complexity index is 964. The summed E-state index contributed by atoms with van der Waals surface area (Å²) in [4.78, 5) is 21.8. The first-order valence-electron chi connectivity index (χ1n) is 7.50. The van der Waals surface area contributed by atoms with Gasteiger partial charge in [0.2, 0.25) is 0 Å². The van der Waals surface area contributed by atoms with Crippen molar-refractivity contribution in [2.45, 2.75) is 26.8 Å². The number of hydrogen-bond donors (Lipinski definition) is 2. The SMILES string of the molecule is COc1ccc(Cl)cc1N[C@@H](C)c1nc2sc(C)c(C)c2c(=O)[nH]1. The summed E-state index contributed by atoms with van der Waals surface area (Å²) >= 11 is 7.60. The number of ether oxygens (including phenoxy) is 1. The minimum Gasteiger partial charge on any atom is -0.495 e. The second kappa shape index (κ2) is 6.45. The quantitative estimate of drug-likeness (QED) is 0.719. The van der Waals surface area contributed by atoms with Crippen LogP contribution in [0.5, 0.6) is 5.75 Å². The van der Waals surface area contributed by atoms with E-state index in [1.165, 1.54) is 11.3 Å². The summed E-state index contributed by atoms with van der Waals surface area (Å²) in [6.45, 7) is 5.88. The predicted molar refractivity (Wildman–Crippen MR) is 99.8 cm³/mol. The van der Waals surface area contributed by atoms with Crippen molar-refractivity contribution in [1.82, 2.24) is 9.97 Å². The van der Waals surface area contributed by atoms with Crippen LogP contribution in [0.15, 0.2) is 23.0 Å². The number of nitrogens with zero attached hydrogens (tertiary/aromatic N) is 1. The summed E-state index contributed by atoms with van der Waals surface area (Å²) in [6, 6.07) is 5.13. The highest BCUT2D eigenvalue weighted by Gasteiger charge is 2.16. The van der Waals surface area contributed by atoms with Crippen LogP contribution in [-0.4, -0.2) is 17.1 Å². The van der Waals surface area contributed by atoms with Crippen LogP contribution in [0.3, 0.4) is 0 Å². The minimum absolute atomic E-state index is 0.108. The third-order valence-electron chi connectivity index (χ3n) is 4.00. The normalized spacial score (nSPS) is 12.4. The zero-order chi connectivity index (χ0) is 17.4. The van der Waals surface area contributed by atoms with E-state index in [4.69, 9.17) is 16.3 Å². The Hall–Kier alpha value is -2.05. The zero-order valence-corrected chi connectivity index (χ0v) is 15.4. The fourth-order valence-corrected chi connectivity index (χ4v) is 3.78. The molecule has 0 radical (unpaired) electrons. The van der Waals surface area contributed by atoms with Crippen LogP contribution in [-0.2, 0) is 0 Å². The topological polar surface area (TPSA) is 67.0 Å². The predicted octanol–water partition coefficient (Wildman–Crippen LogP) is 4.44. The van der Waals surface area contributed by atoms with Gasteiger partial charge in [-0.1, -0.05) is 11.6 Å². The Morgan fingerprint density at radius 2 is 2.12 bits per heavy atom. The van der Waals surface area contributed by atoms with Gasteiger partial charge in [-0.25, -0.2) is 4.98 Å². The molecule has 5 nitrogen and oxygen atoms in total. The molecule has 0 amide bonds. The number of aromatic nitrogens is 2. The molecule has 2 aromatic heterocycles. The van der Waals surface area contributed by atoms with Crippen LogP contribution in [0, 0.1) is 13.8 Å². The van der Waals surface area contributed by atoms with Gasteiger partial charge in [-0.2, -0.15) is 0 Å². The van der Waals surface area contributed by atoms with Crippen LogP contribution in [0.4, 0.5) is 5.69 Å². The number of halogens is 1. The van der Waals surface area contributed by atoms with E-state index in [0.29, 0.717) is 22.0 Å². The lowest BCUT2D eigenvalue weighted by Crippen LogP contribution is -2.17. The number of hydrogen-bond acceptors (Lipinski definition) is 5.